The van der Waals surface area contributed by atoms with Gasteiger partial charge in [-0.05, 0) is 39.3 Å². The zero-order valence-electron chi connectivity index (χ0n) is 12.1. The van der Waals surface area contributed by atoms with Crippen LogP contribution in [0.15, 0.2) is 33.2 Å². The Morgan fingerprint density at radius 1 is 1.20 bits per heavy atom. The highest BCUT2D eigenvalue weighted by Gasteiger charge is 2.20. The first-order chi connectivity index (χ1) is 9.41. The lowest BCUT2D eigenvalue weighted by molar-refractivity contribution is 0.0937. The minimum Gasteiger partial charge on any atom is -0.466 e. The molecule has 0 aliphatic carbocycles. The Balaban J connectivity index is 2.22. The van der Waals surface area contributed by atoms with Crippen molar-refractivity contribution in [3.63, 3.8) is 0 Å². The van der Waals surface area contributed by atoms with Gasteiger partial charge in [-0.1, -0.05) is 34.1 Å². The molecule has 2 rings (SSSR count). The van der Waals surface area contributed by atoms with Gasteiger partial charge in [0.25, 0.3) is 5.91 Å². The quantitative estimate of drug-likeness (QED) is 0.899. The van der Waals surface area contributed by atoms with E-state index < -0.39 is 0 Å². The van der Waals surface area contributed by atoms with Gasteiger partial charge in [0, 0.05) is 10.0 Å². The van der Waals surface area contributed by atoms with Crippen LogP contribution in [0.5, 0.6) is 0 Å². The first kappa shape index (κ1) is 14.9. The first-order valence-electron chi connectivity index (χ1n) is 6.53. The van der Waals surface area contributed by atoms with E-state index in [4.69, 9.17) is 4.42 Å². The molecule has 3 nitrogen and oxygen atoms in total. The van der Waals surface area contributed by atoms with Crippen molar-refractivity contribution in [2.75, 3.05) is 0 Å². The number of benzene rings is 1. The van der Waals surface area contributed by atoms with Crippen LogP contribution in [0.3, 0.4) is 0 Å². The third-order valence-electron chi connectivity index (χ3n) is 3.51. The molecule has 1 aromatic heterocycles. The van der Waals surface area contributed by atoms with Crippen LogP contribution >= 0.6 is 15.9 Å². The SMILES string of the molecule is Cc1oc(C)c(C(=O)NC(C)c2ccccc2Br)c1C. The van der Waals surface area contributed by atoms with E-state index >= 15 is 0 Å². The smallest absolute Gasteiger partial charge is 0.255 e. The van der Waals surface area contributed by atoms with Crippen LogP contribution in [-0.2, 0) is 0 Å². The highest BCUT2D eigenvalue weighted by atomic mass is 79.9. The number of aryl methyl sites for hydroxylation is 2. The van der Waals surface area contributed by atoms with Crippen LogP contribution in [0.1, 0.15) is 46.0 Å². The number of carbonyl (C=O) groups is 1. The summed E-state index contributed by atoms with van der Waals surface area (Å²) in [6.45, 7) is 7.56. The van der Waals surface area contributed by atoms with E-state index in [1.807, 2.05) is 52.0 Å². The van der Waals surface area contributed by atoms with Gasteiger partial charge < -0.3 is 9.73 Å². The second-order valence-electron chi connectivity index (χ2n) is 4.93. The molecule has 1 heterocycles. The average Bonchev–Trinajstić information content (AvgIpc) is 2.63. The fourth-order valence-corrected chi connectivity index (χ4v) is 2.93. The lowest BCUT2D eigenvalue weighted by atomic mass is 10.1. The number of nitrogens with one attached hydrogen (secondary N) is 1. The molecule has 2 aromatic rings. The molecule has 1 unspecified atom stereocenters. The van der Waals surface area contributed by atoms with Gasteiger partial charge in [-0.3, -0.25) is 4.79 Å². The molecule has 1 atom stereocenters. The first-order valence-corrected chi connectivity index (χ1v) is 7.33. The van der Waals surface area contributed by atoms with Gasteiger partial charge in [-0.25, -0.2) is 0 Å². The molecule has 0 aliphatic heterocycles. The standard InChI is InChI=1S/C16H18BrNO2/c1-9-11(3)20-12(4)15(9)16(19)18-10(2)13-7-5-6-8-14(13)17/h5-8,10H,1-4H3,(H,18,19). The van der Waals surface area contributed by atoms with Crippen LogP contribution in [0.25, 0.3) is 0 Å². The Kier molecular flexibility index (Phi) is 4.33. The molecular weight excluding hydrogens is 318 g/mol. The predicted octanol–water partition coefficient (Wildman–Crippen LogP) is 4.46. The summed E-state index contributed by atoms with van der Waals surface area (Å²) in [4.78, 5) is 12.4. The molecule has 0 saturated heterocycles. The molecule has 1 amide bonds. The van der Waals surface area contributed by atoms with Crippen LogP contribution in [0.4, 0.5) is 0 Å². The van der Waals surface area contributed by atoms with Crippen molar-refractivity contribution in [1.82, 2.24) is 5.32 Å². The van der Waals surface area contributed by atoms with E-state index in [-0.39, 0.29) is 11.9 Å². The maximum atomic E-state index is 12.4. The van der Waals surface area contributed by atoms with Crippen molar-refractivity contribution in [1.29, 1.82) is 0 Å². The van der Waals surface area contributed by atoms with Gasteiger partial charge >= 0.3 is 0 Å². The molecule has 4 heteroatoms. The van der Waals surface area contributed by atoms with Gasteiger partial charge in [-0.2, -0.15) is 0 Å². The van der Waals surface area contributed by atoms with Gasteiger partial charge in [0.05, 0.1) is 11.6 Å². The van der Waals surface area contributed by atoms with E-state index in [1.54, 1.807) is 0 Å². The molecule has 106 valence electrons. The van der Waals surface area contributed by atoms with Crippen molar-refractivity contribution in [2.45, 2.75) is 33.7 Å². The number of furan rings is 1. The minimum atomic E-state index is -0.0971. The predicted molar refractivity (Wildman–Crippen MR) is 82.9 cm³/mol. The third-order valence-corrected chi connectivity index (χ3v) is 4.23. The largest absolute Gasteiger partial charge is 0.466 e. The van der Waals surface area contributed by atoms with Crippen molar-refractivity contribution >= 4 is 21.8 Å². The molecule has 0 radical (unpaired) electrons. The van der Waals surface area contributed by atoms with Crippen molar-refractivity contribution < 1.29 is 9.21 Å². The lowest BCUT2D eigenvalue weighted by Gasteiger charge is -2.16. The Hall–Kier alpha value is -1.55. The topological polar surface area (TPSA) is 42.2 Å². The average molecular weight is 336 g/mol. The van der Waals surface area contributed by atoms with E-state index in [1.165, 1.54) is 0 Å². The van der Waals surface area contributed by atoms with E-state index in [9.17, 15) is 4.79 Å². The third kappa shape index (κ3) is 2.80. The van der Waals surface area contributed by atoms with Gasteiger partial charge in [-0.15, -0.1) is 0 Å². The number of halogens is 1. The molecular formula is C16H18BrNO2. The summed E-state index contributed by atoms with van der Waals surface area (Å²) in [6.07, 6.45) is 0. The highest BCUT2D eigenvalue weighted by Crippen LogP contribution is 2.25. The summed E-state index contributed by atoms with van der Waals surface area (Å²) in [6, 6.07) is 7.80. The fourth-order valence-electron chi connectivity index (χ4n) is 2.30. The van der Waals surface area contributed by atoms with Crippen molar-refractivity contribution in [3.8, 4) is 0 Å². The zero-order chi connectivity index (χ0) is 14.9. The molecule has 0 spiro atoms. The number of hydrogen-bond donors (Lipinski definition) is 1. The normalized spacial score (nSPS) is 12.2. The second-order valence-corrected chi connectivity index (χ2v) is 5.79. The number of amides is 1. The number of carbonyl (C=O) groups excluding carboxylic acids is 1. The molecule has 1 aromatic carbocycles. The summed E-state index contributed by atoms with van der Waals surface area (Å²) >= 11 is 3.51. The zero-order valence-corrected chi connectivity index (χ0v) is 13.7. The fraction of sp³-hybridized carbons (Fsp3) is 0.312. The van der Waals surface area contributed by atoms with Crippen LogP contribution in [0, 0.1) is 20.8 Å². The highest BCUT2D eigenvalue weighted by molar-refractivity contribution is 9.10. The summed E-state index contributed by atoms with van der Waals surface area (Å²) in [5, 5.41) is 3.02. The van der Waals surface area contributed by atoms with E-state index in [0.29, 0.717) is 11.3 Å². The Bertz CT molecular complexity index is 646. The summed E-state index contributed by atoms with van der Waals surface area (Å²) in [5.41, 5.74) is 2.59. The molecule has 0 fully saturated rings. The van der Waals surface area contributed by atoms with Gasteiger partial charge in [0.1, 0.15) is 11.5 Å². The van der Waals surface area contributed by atoms with Crippen LogP contribution in [-0.4, -0.2) is 5.91 Å². The molecule has 0 saturated carbocycles. The monoisotopic (exact) mass is 335 g/mol. The molecule has 0 bridgehead atoms. The van der Waals surface area contributed by atoms with E-state index in [0.717, 1.165) is 21.4 Å². The number of rotatable bonds is 3. The Morgan fingerprint density at radius 3 is 2.40 bits per heavy atom. The Labute approximate surface area is 127 Å². The number of hydrogen-bond acceptors (Lipinski definition) is 2. The minimum absolute atomic E-state index is 0.0768. The molecule has 0 aliphatic rings. The summed E-state index contributed by atoms with van der Waals surface area (Å²) in [5.74, 6) is 1.36. The second kappa shape index (κ2) is 5.83. The maximum Gasteiger partial charge on any atom is 0.255 e. The van der Waals surface area contributed by atoms with Crippen LogP contribution in [0.2, 0.25) is 0 Å². The Morgan fingerprint density at radius 2 is 1.85 bits per heavy atom. The molecule has 20 heavy (non-hydrogen) atoms. The van der Waals surface area contributed by atoms with Crippen molar-refractivity contribution in [3.05, 3.63) is 56.9 Å². The molecule has 1 N–H and O–H groups in total. The van der Waals surface area contributed by atoms with Crippen molar-refractivity contribution in [2.24, 2.45) is 0 Å². The van der Waals surface area contributed by atoms with Crippen LogP contribution < -0.4 is 5.32 Å². The van der Waals surface area contributed by atoms with Gasteiger partial charge in [0.15, 0.2) is 0 Å². The van der Waals surface area contributed by atoms with Gasteiger partial charge in [0.2, 0.25) is 0 Å². The van der Waals surface area contributed by atoms with E-state index in [2.05, 4.69) is 21.2 Å². The summed E-state index contributed by atoms with van der Waals surface area (Å²) in [7, 11) is 0. The summed E-state index contributed by atoms with van der Waals surface area (Å²) < 4.78 is 6.50. The lowest BCUT2D eigenvalue weighted by Crippen LogP contribution is -2.27. The maximum absolute atomic E-state index is 12.4.